The highest BCUT2D eigenvalue weighted by Gasteiger charge is 2.28. The molecule has 5 heteroatoms. The zero-order chi connectivity index (χ0) is 15.0. The predicted molar refractivity (Wildman–Crippen MR) is 86.6 cm³/mol. The van der Waals surface area contributed by atoms with Gasteiger partial charge in [-0.3, -0.25) is 0 Å². The Morgan fingerprint density at radius 2 is 1.76 bits per heavy atom. The number of nitrogens with zero attached hydrogens (tertiary/aromatic N) is 1. The van der Waals surface area contributed by atoms with Crippen molar-refractivity contribution in [3.63, 3.8) is 0 Å². The van der Waals surface area contributed by atoms with E-state index in [1.807, 2.05) is 31.2 Å². The maximum atomic E-state index is 12.7. The van der Waals surface area contributed by atoms with Crippen molar-refractivity contribution in [2.24, 2.45) is 0 Å². The zero-order valence-electron chi connectivity index (χ0n) is 11.7. The quantitative estimate of drug-likeness (QED) is 0.816. The molecule has 21 heavy (non-hydrogen) atoms. The molecular weight excluding hydrogens is 350 g/mol. The van der Waals surface area contributed by atoms with Crippen LogP contribution in [0.3, 0.4) is 0 Å². The Balaban J connectivity index is 1.91. The molecule has 0 N–H and O–H groups in total. The van der Waals surface area contributed by atoms with Gasteiger partial charge in [0.1, 0.15) is 0 Å². The van der Waals surface area contributed by atoms with Gasteiger partial charge in [-0.15, -0.1) is 0 Å². The van der Waals surface area contributed by atoms with Gasteiger partial charge in [-0.2, -0.15) is 4.31 Å². The van der Waals surface area contributed by atoms with Crippen molar-refractivity contribution in [2.45, 2.75) is 24.8 Å². The second kappa shape index (κ2) is 5.55. The first-order chi connectivity index (χ1) is 9.96. The van der Waals surface area contributed by atoms with Gasteiger partial charge in [0.2, 0.25) is 10.0 Å². The van der Waals surface area contributed by atoms with E-state index in [2.05, 4.69) is 22.0 Å². The van der Waals surface area contributed by atoms with Gasteiger partial charge >= 0.3 is 0 Å². The molecule has 1 heterocycles. The molecule has 0 bridgehead atoms. The van der Waals surface area contributed by atoms with Crippen LogP contribution in [-0.4, -0.2) is 19.3 Å². The number of aryl methyl sites for hydroxylation is 1. The topological polar surface area (TPSA) is 37.4 Å². The Kier molecular flexibility index (Phi) is 3.90. The van der Waals surface area contributed by atoms with Crippen LogP contribution < -0.4 is 0 Å². The molecule has 1 aliphatic rings. The van der Waals surface area contributed by atoms with E-state index < -0.39 is 10.0 Å². The van der Waals surface area contributed by atoms with Gasteiger partial charge < -0.3 is 0 Å². The third-order valence-electron chi connectivity index (χ3n) is 3.80. The third kappa shape index (κ3) is 2.91. The molecule has 0 radical (unpaired) electrons. The van der Waals surface area contributed by atoms with Gasteiger partial charge in [-0.05, 0) is 48.7 Å². The number of fused-ring (bicyclic) bond motifs is 1. The number of rotatable bonds is 2. The average molecular weight is 366 g/mol. The van der Waals surface area contributed by atoms with Crippen LogP contribution in [-0.2, 0) is 23.0 Å². The summed E-state index contributed by atoms with van der Waals surface area (Å²) in [6, 6.07) is 13.1. The standard InChI is InChI=1S/C16H16BrNO2S/c1-12-2-6-16(7-3-12)21(19,20)18-9-8-13-10-15(17)5-4-14(13)11-18/h2-7,10H,8-9,11H2,1H3. The van der Waals surface area contributed by atoms with E-state index in [1.165, 1.54) is 5.56 Å². The minimum atomic E-state index is -3.41. The van der Waals surface area contributed by atoms with Crippen molar-refractivity contribution in [3.8, 4) is 0 Å². The van der Waals surface area contributed by atoms with E-state index in [9.17, 15) is 8.42 Å². The van der Waals surface area contributed by atoms with E-state index in [-0.39, 0.29) is 0 Å². The van der Waals surface area contributed by atoms with Crippen molar-refractivity contribution in [2.75, 3.05) is 6.54 Å². The maximum Gasteiger partial charge on any atom is 0.243 e. The van der Waals surface area contributed by atoms with Gasteiger partial charge in [-0.25, -0.2) is 8.42 Å². The summed E-state index contributed by atoms with van der Waals surface area (Å²) in [7, 11) is -3.41. The third-order valence-corrected chi connectivity index (χ3v) is 6.16. The Bertz CT molecular complexity index is 769. The van der Waals surface area contributed by atoms with Crippen molar-refractivity contribution in [3.05, 3.63) is 63.6 Å². The average Bonchev–Trinajstić information content (AvgIpc) is 2.47. The van der Waals surface area contributed by atoms with Crippen LogP contribution in [0.15, 0.2) is 51.8 Å². The Morgan fingerprint density at radius 3 is 2.48 bits per heavy atom. The van der Waals surface area contributed by atoms with Gasteiger partial charge in [0.05, 0.1) is 4.90 Å². The molecule has 0 fully saturated rings. The van der Waals surface area contributed by atoms with Crippen LogP contribution in [0.25, 0.3) is 0 Å². The fourth-order valence-electron chi connectivity index (χ4n) is 2.56. The summed E-state index contributed by atoms with van der Waals surface area (Å²) in [5.74, 6) is 0. The Morgan fingerprint density at radius 1 is 1.05 bits per heavy atom. The predicted octanol–water partition coefficient (Wildman–Crippen LogP) is 3.50. The van der Waals surface area contributed by atoms with Gasteiger partial charge in [0, 0.05) is 17.6 Å². The molecule has 0 saturated carbocycles. The van der Waals surface area contributed by atoms with Crippen molar-refractivity contribution < 1.29 is 8.42 Å². The molecule has 0 saturated heterocycles. The van der Waals surface area contributed by atoms with E-state index in [4.69, 9.17) is 0 Å². The molecule has 0 aromatic heterocycles. The number of hydrogen-bond donors (Lipinski definition) is 0. The molecule has 1 aliphatic heterocycles. The SMILES string of the molecule is Cc1ccc(S(=O)(=O)N2CCc3cc(Br)ccc3C2)cc1. The van der Waals surface area contributed by atoms with Crippen molar-refractivity contribution in [1.82, 2.24) is 4.31 Å². The molecule has 0 amide bonds. The summed E-state index contributed by atoms with van der Waals surface area (Å²) in [5, 5.41) is 0. The van der Waals surface area contributed by atoms with E-state index in [1.54, 1.807) is 16.4 Å². The van der Waals surface area contributed by atoms with Crippen LogP contribution in [0.5, 0.6) is 0 Å². The van der Waals surface area contributed by atoms with Crippen molar-refractivity contribution in [1.29, 1.82) is 0 Å². The minimum absolute atomic E-state index is 0.369. The van der Waals surface area contributed by atoms with Crippen LogP contribution in [0, 0.1) is 6.92 Å². The molecule has 3 rings (SSSR count). The number of benzene rings is 2. The number of sulfonamides is 1. The smallest absolute Gasteiger partial charge is 0.207 e. The first-order valence-corrected chi connectivity index (χ1v) is 9.04. The van der Waals surface area contributed by atoms with E-state index in [0.717, 1.165) is 22.0 Å². The first kappa shape index (κ1) is 14.8. The normalized spacial score (nSPS) is 15.7. The Labute approximate surface area is 133 Å². The minimum Gasteiger partial charge on any atom is -0.207 e. The lowest BCUT2D eigenvalue weighted by Crippen LogP contribution is -2.35. The van der Waals surface area contributed by atoms with Crippen LogP contribution in [0.1, 0.15) is 16.7 Å². The number of hydrogen-bond acceptors (Lipinski definition) is 2. The molecule has 0 spiro atoms. The Hall–Kier alpha value is -1.17. The summed E-state index contributed by atoms with van der Waals surface area (Å²) in [4.78, 5) is 0.369. The van der Waals surface area contributed by atoms with Crippen LogP contribution >= 0.6 is 15.9 Å². The largest absolute Gasteiger partial charge is 0.243 e. The molecule has 2 aromatic rings. The van der Waals surface area contributed by atoms with Gasteiger partial charge in [0.25, 0.3) is 0 Å². The monoisotopic (exact) mass is 365 g/mol. The van der Waals surface area contributed by atoms with Crippen LogP contribution in [0.4, 0.5) is 0 Å². The maximum absolute atomic E-state index is 12.7. The van der Waals surface area contributed by atoms with E-state index >= 15 is 0 Å². The molecule has 0 unspecified atom stereocenters. The van der Waals surface area contributed by atoms with Gasteiger partial charge in [-0.1, -0.05) is 39.7 Å². The summed E-state index contributed by atoms with van der Waals surface area (Å²) in [5.41, 5.74) is 3.36. The first-order valence-electron chi connectivity index (χ1n) is 6.81. The fraction of sp³-hybridized carbons (Fsp3) is 0.250. The highest BCUT2D eigenvalue weighted by molar-refractivity contribution is 9.10. The fourth-order valence-corrected chi connectivity index (χ4v) is 4.39. The number of halogens is 1. The summed E-state index contributed by atoms with van der Waals surface area (Å²) >= 11 is 3.46. The molecule has 2 aromatic carbocycles. The molecule has 0 aliphatic carbocycles. The lowest BCUT2D eigenvalue weighted by atomic mass is 10.0. The summed E-state index contributed by atoms with van der Waals surface area (Å²) in [6.45, 7) is 2.92. The summed E-state index contributed by atoms with van der Waals surface area (Å²) < 4.78 is 28.0. The lowest BCUT2D eigenvalue weighted by Gasteiger charge is -2.28. The molecule has 3 nitrogen and oxygen atoms in total. The van der Waals surface area contributed by atoms with E-state index in [0.29, 0.717) is 18.0 Å². The highest BCUT2D eigenvalue weighted by atomic mass is 79.9. The summed E-state index contributed by atoms with van der Waals surface area (Å²) in [6.07, 6.45) is 0.750. The van der Waals surface area contributed by atoms with Crippen LogP contribution in [0.2, 0.25) is 0 Å². The lowest BCUT2D eigenvalue weighted by molar-refractivity contribution is 0.391. The zero-order valence-corrected chi connectivity index (χ0v) is 14.1. The molecular formula is C16H16BrNO2S. The van der Waals surface area contributed by atoms with Gasteiger partial charge in [0.15, 0.2) is 0 Å². The second-order valence-corrected chi connectivity index (χ2v) is 8.17. The molecule has 110 valence electrons. The van der Waals surface area contributed by atoms with Crippen molar-refractivity contribution >= 4 is 26.0 Å². The molecule has 0 atom stereocenters. The highest BCUT2D eigenvalue weighted by Crippen LogP contribution is 2.27. The second-order valence-electron chi connectivity index (χ2n) is 5.31.